The fraction of sp³-hybridized carbons (Fsp3) is 0.300. The summed E-state index contributed by atoms with van der Waals surface area (Å²) in [5.41, 5.74) is -0.850. The number of carbonyl (C=O) groups excluding carboxylic acids is 2. The SMILES string of the molecule is O=C(OC[C@H]1O[C@H](O)[C@@H](O)[C@H](OC(=O)c2cc(O)c(O)c(O)c2)[C@H]1O)c1cc(O)c(O)c(O)c1. The number of aliphatic hydroxyl groups is 3. The second-order valence-electron chi connectivity index (χ2n) is 7.24. The number of esters is 2. The first kappa shape index (κ1) is 24.7. The molecule has 1 saturated heterocycles. The standard InChI is InChI=1S/C20H20O14/c21-8-1-6(2-9(22)13(8)25)18(29)32-5-12-15(27)17(16(28)20(31)33-12)34-19(30)7-3-10(23)14(26)11(24)4-7/h1-4,12,15-17,20-28,31H,5H2/t12-,15+,16+,17-,20+/m1/s1. The van der Waals surface area contributed by atoms with Crippen LogP contribution >= 0.6 is 0 Å². The number of hydrogen-bond acceptors (Lipinski definition) is 14. The van der Waals surface area contributed by atoms with Crippen LogP contribution in [0.4, 0.5) is 0 Å². The van der Waals surface area contributed by atoms with Crippen LogP contribution in [0.2, 0.25) is 0 Å². The van der Waals surface area contributed by atoms with Gasteiger partial charge in [0.05, 0.1) is 11.1 Å². The quantitative estimate of drug-likeness (QED) is 0.178. The smallest absolute Gasteiger partial charge is 0.338 e. The number of benzene rings is 2. The first-order valence-corrected chi connectivity index (χ1v) is 9.48. The Kier molecular flexibility index (Phi) is 6.88. The Morgan fingerprint density at radius 3 is 1.65 bits per heavy atom. The highest BCUT2D eigenvalue weighted by Crippen LogP contribution is 2.37. The van der Waals surface area contributed by atoms with Gasteiger partial charge in [-0.1, -0.05) is 0 Å². The van der Waals surface area contributed by atoms with E-state index in [0.717, 1.165) is 24.3 Å². The lowest BCUT2D eigenvalue weighted by atomic mass is 9.99. The summed E-state index contributed by atoms with van der Waals surface area (Å²) in [6, 6.07) is 3.07. The molecule has 0 aliphatic carbocycles. The fourth-order valence-corrected chi connectivity index (χ4v) is 3.07. The van der Waals surface area contributed by atoms with Gasteiger partial charge in [-0.25, -0.2) is 9.59 Å². The van der Waals surface area contributed by atoms with Gasteiger partial charge >= 0.3 is 11.9 Å². The zero-order valence-corrected chi connectivity index (χ0v) is 17.0. The van der Waals surface area contributed by atoms with E-state index < -0.39 is 89.3 Å². The predicted octanol–water partition coefficient (Wildman–Crippen LogP) is -1.26. The number of phenolic OH excluding ortho intramolecular Hbond substituents is 6. The van der Waals surface area contributed by atoms with E-state index in [1.165, 1.54) is 0 Å². The lowest BCUT2D eigenvalue weighted by molar-refractivity contribution is -0.285. The summed E-state index contributed by atoms with van der Waals surface area (Å²) in [5, 5.41) is 87.1. The Hall–Kier alpha value is -3.98. The number of hydrogen-bond donors (Lipinski definition) is 9. The Morgan fingerprint density at radius 1 is 0.735 bits per heavy atom. The molecule has 0 saturated carbocycles. The van der Waals surface area contributed by atoms with E-state index in [1.807, 2.05) is 0 Å². The van der Waals surface area contributed by atoms with E-state index in [-0.39, 0.29) is 5.56 Å². The number of aliphatic hydroxyl groups excluding tert-OH is 3. The van der Waals surface area contributed by atoms with Crippen LogP contribution in [0.3, 0.4) is 0 Å². The highest BCUT2D eigenvalue weighted by molar-refractivity contribution is 5.91. The van der Waals surface area contributed by atoms with Crippen LogP contribution in [0.1, 0.15) is 20.7 Å². The number of carbonyl (C=O) groups is 2. The molecule has 0 amide bonds. The number of phenols is 6. The normalized spacial score (nSPS) is 24.4. The molecule has 0 unspecified atom stereocenters. The molecule has 14 heteroatoms. The van der Waals surface area contributed by atoms with Gasteiger partial charge in [-0.3, -0.25) is 0 Å². The van der Waals surface area contributed by atoms with Crippen molar-refractivity contribution in [3.63, 3.8) is 0 Å². The summed E-state index contributed by atoms with van der Waals surface area (Å²) >= 11 is 0. The molecule has 0 radical (unpaired) electrons. The first-order chi connectivity index (χ1) is 15.9. The van der Waals surface area contributed by atoms with E-state index in [2.05, 4.69) is 0 Å². The third-order valence-electron chi connectivity index (χ3n) is 4.89. The molecule has 1 fully saturated rings. The number of ether oxygens (including phenoxy) is 3. The molecule has 1 aliphatic rings. The second-order valence-corrected chi connectivity index (χ2v) is 7.24. The highest BCUT2D eigenvalue weighted by Gasteiger charge is 2.47. The fourth-order valence-electron chi connectivity index (χ4n) is 3.07. The molecule has 34 heavy (non-hydrogen) atoms. The van der Waals surface area contributed by atoms with Gasteiger partial charge in [0, 0.05) is 0 Å². The van der Waals surface area contributed by atoms with Crippen LogP contribution in [-0.2, 0) is 14.2 Å². The van der Waals surface area contributed by atoms with Gasteiger partial charge in [0.1, 0.15) is 24.9 Å². The third kappa shape index (κ3) is 4.84. The average molecular weight is 484 g/mol. The minimum Gasteiger partial charge on any atom is -0.504 e. The van der Waals surface area contributed by atoms with E-state index in [0.29, 0.717) is 0 Å². The number of rotatable bonds is 5. The van der Waals surface area contributed by atoms with Crippen molar-refractivity contribution in [3.8, 4) is 34.5 Å². The van der Waals surface area contributed by atoms with E-state index in [9.17, 15) is 55.5 Å². The lowest BCUT2D eigenvalue weighted by Gasteiger charge is -2.39. The summed E-state index contributed by atoms with van der Waals surface area (Å²) in [4.78, 5) is 24.5. The summed E-state index contributed by atoms with van der Waals surface area (Å²) < 4.78 is 14.8. The molecule has 1 aliphatic heterocycles. The zero-order chi connectivity index (χ0) is 25.3. The summed E-state index contributed by atoms with van der Waals surface area (Å²) in [5.74, 6) is -7.48. The molecular formula is C20H20O14. The third-order valence-corrected chi connectivity index (χ3v) is 4.89. The molecule has 2 aromatic rings. The summed E-state index contributed by atoms with van der Waals surface area (Å²) in [7, 11) is 0. The molecular weight excluding hydrogens is 464 g/mol. The van der Waals surface area contributed by atoms with E-state index >= 15 is 0 Å². The zero-order valence-electron chi connectivity index (χ0n) is 17.0. The molecule has 14 nitrogen and oxygen atoms in total. The van der Waals surface area contributed by atoms with Crippen molar-refractivity contribution in [1.29, 1.82) is 0 Å². The highest BCUT2D eigenvalue weighted by atomic mass is 16.7. The Morgan fingerprint density at radius 2 is 1.18 bits per heavy atom. The van der Waals surface area contributed by atoms with Crippen molar-refractivity contribution >= 4 is 11.9 Å². The van der Waals surface area contributed by atoms with Crippen LogP contribution in [0, 0.1) is 0 Å². The van der Waals surface area contributed by atoms with Crippen molar-refractivity contribution < 1.29 is 69.8 Å². The molecule has 2 aromatic carbocycles. The van der Waals surface area contributed by atoms with E-state index in [1.54, 1.807) is 0 Å². The molecule has 0 spiro atoms. The summed E-state index contributed by atoms with van der Waals surface area (Å²) in [6.45, 7) is -0.749. The van der Waals surface area contributed by atoms with Crippen molar-refractivity contribution in [2.45, 2.75) is 30.7 Å². The van der Waals surface area contributed by atoms with Crippen molar-refractivity contribution in [1.82, 2.24) is 0 Å². The average Bonchev–Trinajstić information content (AvgIpc) is 2.79. The summed E-state index contributed by atoms with van der Waals surface area (Å²) in [6.07, 6.45) is -9.14. The van der Waals surface area contributed by atoms with Gasteiger partial charge in [0.15, 0.2) is 46.9 Å². The molecule has 3 rings (SSSR count). The molecule has 184 valence electrons. The first-order valence-electron chi connectivity index (χ1n) is 9.48. The maximum absolute atomic E-state index is 12.4. The maximum atomic E-state index is 12.4. The van der Waals surface area contributed by atoms with Gasteiger partial charge < -0.3 is 60.2 Å². The van der Waals surface area contributed by atoms with Crippen LogP contribution in [0.5, 0.6) is 34.5 Å². The minimum absolute atomic E-state index is 0.381. The Balaban J connectivity index is 1.71. The van der Waals surface area contributed by atoms with Gasteiger partial charge in [0.2, 0.25) is 0 Å². The van der Waals surface area contributed by atoms with Gasteiger partial charge in [-0.2, -0.15) is 0 Å². The largest absolute Gasteiger partial charge is 0.504 e. The monoisotopic (exact) mass is 484 g/mol. The second kappa shape index (κ2) is 9.48. The minimum atomic E-state index is -1.99. The lowest BCUT2D eigenvalue weighted by Crippen LogP contribution is -2.60. The number of aromatic hydroxyl groups is 6. The van der Waals surface area contributed by atoms with E-state index in [4.69, 9.17) is 14.2 Å². The van der Waals surface area contributed by atoms with Gasteiger partial charge in [-0.05, 0) is 24.3 Å². The van der Waals surface area contributed by atoms with Gasteiger partial charge in [0.25, 0.3) is 0 Å². The van der Waals surface area contributed by atoms with Crippen molar-refractivity contribution in [2.24, 2.45) is 0 Å². The maximum Gasteiger partial charge on any atom is 0.338 e. The molecule has 0 aromatic heterocycles. The Labute approximate surface area is 189 Å². The molecule has 0 bridgehead atoms. The van der Waals surface area contributed by atoms with Crippen LogP contribution in [-0.4, -0.2) is 95.2 Å². The Bertz CT molecular complexity index is 1050. The molecule has 1 heterocycles. The van der Waals surface area contributed by atoms with Crippen LogP contribution < -0.4 is 0 Å². The van der Waals surface area contributed by atoms with Crippen molar-refractivity contribution in [3.05, 3.63) is 35.4 Å². The molecule has 5 atom stereocenters. The van der Waals surface area contributed by atoms with Gasteiger partial charge in [-0.15, -0.1) is 0 Å². The van der Waals surface area contributed by atoms with Crippen molar-refractivity contribution in [2.75, 3.05) is 6.61 Å². The topological polar surface area (TPSA) is 244 Å². The van der Waals surface area contributed by atoms with Crippen LogP contribution in [0.25, 0.3) is 0 Å². The molecule has 9 N–H and O–H groups in total. The van der Waals surface area contributed by atoms with Crippen LogP contribution in [0.15, 0.2) is 24.3 Å². The predicted molar refractivity (Wildman–Crippen MR) is 105 cm³/mol.